The first-order valence-electron chi connectivity index (χ1n) is 19.8. The molecule has 1 spiro atoms. The minimum atomic E-state index is -3.56. The summed E-state index contributed by atoms with van der Waals surface area (Å²) in [4.78, 5) is 30.4. The van der Waals surface area contributed by atoms with Gasteiger partial charge in [-0.3, -0.25) is 14.3 Å². The van der Waals surface area contributed by atoms with Gasteiger partial charge < -0.3 is 28.4 Å². The number of aromatic nitrogens is 1. The number of nitrogens with zero attached hydrogens (tertiary/aromatic N) is 3. The highest BCUT2D eigenvalue weighted by atomic mass is 32.2. The average Bonchev–Trinajstić information content (AvgIpc) is 3.51. The van der Waals surface area contributed by atoms with E-state index in [0.717, 1.165) is 62.3 Å². The van der Waals surface area contributed by atoms with Crippen LogP contribution >= 0.6 is 0 Å². The Morgan fingerprint density at radius 1 is 1.13 bits per heavy atom. The number of allylic oxidation sites excluding steroid dienone is 1. The highest BCUT2D eigenvalue weighted by Crippen LogP contribution is 2.47. The van der Waals surface area contributed by atoms with E-state index in [1.165, 1.54) is 16.7 Å². The molecule has 0 unspecified atom stereocenters. The average molecular weight is 771 g/mol. The van der Waals surface area contributed by atoms with Crippen molar-refractivity contribution in [1.82, 2.24) is 9.29 Å². The third-order valence-corrected chi connectivity index (χ3v) is 14.4. The third kappa shape index (κ3) is 7.75. The fourth-order valence-electron chi connectivity index (χ4n) is 9.46. The summed E-state index contributed by atoms with van der Waals surface area (Å²) >= 11 is 0. The predicted octanol–water partition coefficient (Wildman–Crippen LogP) is 6.41. The molecule has 2 aromatic carbocycles. The Hall–Kier alpha value is -3.97. The zero-order chi connectivity index (χ0) is 38.3. The van der Waals surface area contributed by atoms with Gasteiger partial charge in [-0.25, -0.2) is 4.21 Å². The fourth-order valence-corrected chi connectivity index (χ4v) is 11.4. The quantitative estimate of drug-likeness (QED) is 0.296. The van der Waals surface area contributed by atoms with E-state index in [4.69, 9.17) is 18.9 Å². The number of methoxy groups -OCH3 is 2. The molecule has 11 nitrogen and oxygen atoms in total. The van der Waals surface area contributed by atoms with Gasteiger partial charge in [-0.1, -0.05) is 42.8 Å². The Kier molecular flexibility index (Phi) is 10.7. The van der Waals surface area contributed by atoms with Crippen molar-refractivity contribution in [3.63, 3.8) is 0 Å². The summed E-state index contributed by atoms with van der Waals surface area (Å²) in [6.07, 6.45) is 11.7. The number of rotatable bonds is 5. The van der Waals surface area contributed by atoms with Gasteiger partial charge in [0.1, 0.15) is 15.7 Å². The Morgan fingerprint density at radius 2 is 2.00 bits per heavy atom. The molecule has 0 saturated heterocycles. The van der Waals surface area contributed by atoms with Gasteiger partial charge in [-0.2, -0.15) is 0 Å². The van der Waals surface area contributed by atoms with Gasteiger partial charge in [0.05, 0.1) is 55.6 Å². The topological polar surface area (TPSA) is 121 Å². The molecule has 4 heterocycles. The maximum atomic E-state index is 14.8. The lowest BCUT2D eigenvalue weighted by atomic mass is 9.68. The predicted molar refractivity (Wildman–Crippen MR) is 212 cm³/mol. The molecule has 0 radical (unpaired) electrons. The van der Waals surface area contributed by atoms with E-state index in [2.05, 4.69) is 51.3 Å². The van der Waals surface area contributed by atoms with Gasteiger partial charge in [0.25, 0.3) is 11.8 Å². The van der Waals surface area contributed by atoms with Crippen molar-refractivity contribution in [3.05, 3.63) is 94.3 Å². The number of hydrogen-bond donors (Lipinski definition) is 1. The minimum Gasteiger partial charge on any atom is -0.490 e. The molecule has 2 aliphatic carbocycles. The molecule has 294 valence electrons. The minimum absolute atomic E-state index is 0.00664. The Morgan fingerprint density at radius 3 is 2.80 bits per heavy atom. The van der Waals surface area contributed by atoms with Crippen LogP contribution < -0.4 is 14.4 Å². The molecule has 55 heavy (non-hydrogen) atoms. The molecule has 1 aromatic heterocycles. The lowest BCUT2D eigenvalue weighted by Gasteiger charge is -2.46. The second-order valence-electron chi connectivity index (χ2n) is 16.5. The van der Waals surface area contributed by atoms with Crippen molar-refractivity contribution in [2.75, 3.05) is 51.2 Å². The number of benzene rings is 2. The maximum Gasteiger partial charge on any atom is 0.286 e. The monoisotopic (exact) mass is 770 g/mol. The second-order valence-corrected chi connectivity index (χ2v) is 18.5. The number of hydrogen-bond acceptors (Lipinski definition) is 8. The van der Waals surface area contributed by atoms with E-state index in [1.807, 2.05) is 23.6 Å². The molecule has 2 amide bonds. The van der Waals surface area contributed by atoms with Crippen molar-refractivity contribution in [3.8, 4) is 5.75 Å². The summed E-state index contributed by atoms with van der Waals surface area (Å²) in [5.74, 6) is 0.155. The number of anilines is 1. The van der Waals surface area contributed by atoms with E-state index in [0.29, 0.717) is 55.7 Å². The lowest BCUT2D eigenvalue weighted by Crippen LogP contribution is -2.49. The van der Waals surface area contributed by atoms with Crippen LogP contribution in [0.15, 0.2) is 65.2 Å². The van der Waals surface area contributed by atoms with Gasteiger partial charge in [-0.15, -0.1) is 4.36 Å². The first-order chi connectivity index (χ1) is 26.5. The summed E-state index contributed by atoms with van der Waals surface area (Å²) in [6.45, 7) is 7.53. The van der Waals surface area contributed by atoms with Crippen molar-refractivity contribution in [1.29, 1.82) is 0 Å². The van der Waals surface area contributed by atoms with Gasteiger partial charge >= 0.3 is 0 Å². The molecule has 3 aromatic rings. The number of carbonyl (C=O) groups excluding carboxylic acids is 2. The van der Waals surface area contributed by atoms with E-state index in [1.54, 1.807) is 32.5 Å². The number of aryl methyl sites for hydroxylation is 2. The molecule has 1 N–H and O–H groups in total. The first-order valence-corrected chi connectivity index (χ1v) is 21.5. The fraction of sp³-hybridized carbons (Fsp3) is 0.535. The van der Waals surface area contributed by atoms with Crippen LogP contribution in [-0.2, 0) is 49.1 Å². The number of fused-ring (bicyclic) bond motifs is 5. The van der Waals surface area contributed by atoms with Crippen molar-refractivity contribution in [2.24, 2.45) is 22.1 Å². The number of ether oxygens (including phenoxy) is 4. The second kappa shape index (κ2) is 15.5. The van der Waals surface area contributed by atoms with Crippen LogP contribution in [0.4, 0.5) is 5.69 Å². The molecule has 1 fully saturated rings. The number of carbonyl (C=O) groups is 2. The first kappa shape index (κ1) is 37.9. The summed E-state index contributed by atoms with van der Waals surface area (Å²) in [6, 6.07) is 14.0. The van der Waals surface area contributed by atoms with Crippen LogP contribution in [0.3, 0.4) is 0 Å². The van der Waals surface area contributed by atoms with E-state index in [-0.39, 0.29) is 29.3 Å². The standard InChI is InChI=1S/C43H54N4O7S/c1-28-10-14-37-30(17-28)8-6-16-43(37)26-47-20-32-11-13-36(32)39(52-4)9-5-7-29(2)25-55(50,44-41(48)31-12-15-40(54-27-43)38(47)19-31)45-42(49)33-18-34-23-53-35(24-51-3)22-46(34)21-33/h5,9-10,12,14-15,17-19,21,29,32,35-36,39H,6-8,11,13,16,20,22-27H2,1-4H3,(H,44,45,48,49,50)/b9-5+/t29-,32-,35+,36+,39-,43-,55-/m0/s1. The van der Waals surface area contributed by atoms with Crippen LogP contribution in [0.25, 0.3) is 0 Å². The molecular weight excluding hydrogens is 717 g/mol. The Bertz CT molecular complexity index is 2100. The van der Waals surface area contributed by atoms with Crippen molar-refractivity contribution >= 4 is 27.4 Å². The zero-order valence-electron chi connectivity index (χ0n) is 32.5. The summed E-state index contributed by atoms with van der Waals surface area (Å²) in [5, 5.41) is 0. The SMILES string of the molecule is COC[C@H]1Cn2cc(C(=O)N[S@@]3(=O)=NC(=O)c4ccc5c(c4)N(C[C@@H]4CC[C@H]4[C@@H](OC)/C=C/C[C@H](C)C3)C[C@@]3(CCCc4cc(C)ccc43)CO5)cc2CO1. The van der Waals surface area contributed by atoms with E-state index in [9.17, 15) is 13.8 Å². The van der Waals surface area contributed by atoms with E-state index < -0.39 is 21.7 Å². The maximum absolute atomic E-state index is 14.8. The van der Waals surface area contributed by atoms with Gasteiger partial charge in [-0.05, 0) is 98.6 Å². The Balaban J connectivity index is 1.16. The molecule has 12 heteroatoms. The molecule has 8 rings (SSSR count). The molecule has 5 aliphatic rings. The van der Waals surface area contributed by atoms with Crippen LogP contribution in [-0.4, -0.2) is 79.1 Å². The molecule has 7 atom stereocenters. The Labute approximate surface area is 325 Å². The lowest BCUT2D eigenvalue weighted by molar-refractivity contribution is -0.0382. The highest BCUT2D eigenvalue weighted by Gasteiger charge is 2.44. The molecular formula is C43H54N4O7S. The summed E-state index contributed by atoms with van der Waals surface area (Å²) in [5.41, 5.74) is 6.14. The van der Waals surface area contributed by atoms with Crippen LogP contribution in [0.1, 0.15) is 82.1 Å². The van der Waals surface area contributed by atoms with Crippen molar-refractivity contribution < 1.29 is 32.7 Å². The number of amides is 2. The summed E-state index contributed by atoms with van der Waals surface area (Å²) in [7, 11) is -0.151. The largest absolute Gasteiger partial charge is 0.490 e. The van der Waals surface area contributed by atoms with Gasteiger partial charge in [0, 0.05) is 50.2 Å². The third-order valence-electron chi connectivity index (χ3n) is 12.4. The molecule has 3 aliphatic heterocycles. The highest BCUT2D eigenvalue weighted by molar-refractivity contribution is 7.92. The summed E-state index contributed by atoms with van der Waals surface area (Å²) < 4.78 is 47.7. The number of nitrogens with one attached hydrogen (secondary N) is 1. The van der Waals surface area contributed by atoms with Gasteiger partial charge in [0.2, 0.25) is 0 Å². The smallest absolute Gasteiger partial charge is 0.286 e. The van der Waals surface area contributed by atoms with Crippen molar-refractivity contribution in [2.45, 2.75) is 83.1 Å². The normalized spacial score (nSPS) is 31.1. The van der Waals surface area contributed by atoms with Crippen LogP contribution in [0, 0.1) is 24.7 Å². The molecule has 1 saturated carbocycles. The molecule has 2 bridgehead atoms. The van der Waals surface area contributed by atoms with Crippen LogP contribution in [0.2, 0.25) is 0 Å². The van der Waals surface area contributed by atoms with Crippen LogP contribution in [0.5, 0.6) is 5.75 Å². The van der Waals surface area contributed by atoms with E-state index >= 15 is 0 Å². The van der Waals surface area contributed by atoms with Gasteiger partial charge in [0.15, 0.2) is 0 Å². The zero-order valence-corrected chi connectivity index (χ0v) is 33.3.